The molecule has 0 atom stereocenters. The fourth-order valence-corrected chi connectivity index (χ4v) is 4.92. The van der Waals surface area contributed by atoms with Crippen LogP contribution in [-0.4, -0.2) is 140 Å². The molecule has 0 aliphatic heterocycles. The van der Waals surface area contributed by atoms with Crippen molar-refractivity contribution in [1.82, 2.24) is 0 Å². The van der Waals surface area contributed by atoms with Gasteiger partial charge in [0.15, 0.2) is 0 Å². The van der Waals surface area contributed by atoms with Crippen LogP contribution in [0.15, 0.2) is 53.4 Å². The van der Waals surface area contributed by atoms with Crippen molar-refractivity contribution in [1.29, 1.82) is 0 Å². The van der Waals surface area contributed by atoms with Crippen LogP contribution in [-0.2, 0) is 56.9 Å². The van der Waals surface area contributed by atoms with Gasteiger partial charge in [-0.15, -0.1) is 0 Å². The van der Waals surface area contributed by atoms with Crippen molar-refractivity contribution >= 4 is 21.8 Å². The standard InChI is InChI=1S/C36H57NO13S/c1-3-4-13-37-34-9-7-33(8-10-34)36(38)49-30-28-47-26-24-45-22-20-43-18-16-41-14-15-42-17-19-44-21-23-46-25-27-48-29-31-50-51(39,40)35-11-5-32(2)6-12-35/h5-12,37H,3-4,13-31H2,1-2H3. The third-order valence-electron chi connectivity index (χ3n) is 6.82. The number of hydrogen-bond donors (Lipinski definition) is 1. The van der Waals surface area contributed by atoms with Gasteiger partial charge >= 0.3 is 5.97 Å². The Labute approximate surface area is 303 Å². The first kappa shape index (κ1) is 44.5. The number of anilines is 1. The van der Waals surface area contributed by atoms with Gasteiger partial charge in [0.05, 0.1) is 123 Å². The van der Waals surface area contributed by atoms with Crippen molar-refractivity contribution < 1.29 is 60.0 Å². The molecule has 0 spiro atoms. The van der Waals surface area contributed by atoms with Crippen LogP contribution < -0.4 is 5.32 Å². The molecule has 0 aliphatic carbocycles. The van der Waals surface area contributed by atoms with Crippen LogP contribution in [0.5, 0.6) is 0 Å². The highest BCUT2D eigenvalue weighted by Gasteiger charge is 2.14. The van der Waals surface area contributed by atoms with Crippen LogP contribution in [0, 0.1) is 6.92 Å². The number of unbranched alkanes of at least 4 members (excludes halogenated alkanes) is 1. The monoisotopic (exact) mass is 743 g/mol. The third kappa shape index (κ3) is 23.5. The Hall–Kier alpha value is -2.70. The highest BCUT2D eigenvalue weighted by atomic mass is 32.2. The maximum Gasteiger partial charge on any atom is 0.338 e. The second-order valence-electron chi connectivity index (χ2n) is 11.0. The maximum atomic E-state index is 12.1. The quantitative estimate of drug-likeness (QED) is 0.0626. The topological polar surface area (TPSA) is 156 Å². The summed E-state index contributed by atoms with van der Waals surface area (Å²) in [5, 5.41) is 3.31. The highest BCUT2D eigenvalue weighted by molar-refractivity contribution is 7.86. The smallest absolute Gasteiger partial charge is 0.338 e. The van der Waals surface area contributed by atoms with Crippen molar-refractivity contribution in [3.05, 3.63) is 59.7 Å². The van der Waals surface area contributed by atoms with Crippen LogP contribution >= 0.6 is 0 Å². The van der Waals surface area contributed by atoms with Crippen LogP contribution in [0.2, 0.25) is 0 Å². The Morgan fingerprint density at radius 2 is 0.941 bits per heavy atom. The molecule has 2 aromatic carbocycles. The molecular weight excluding hydrogens is 686 g/mol. The van der Waals surface area contributed by atoms with Gasteiger partial charge in [0, 0.05) is 12.2 Å². The number of aryl methyl sites for hydroxylation is 1. The molecule has 0 saturated heterocycles. The van der Waals surface area contributed by atoms with E-state index in [9.17, 15) is 13.2 Å². The lowest BCUT2D eigenvalue weighted by atomic mass is 10.2. The fraction of sp³-hybridized carbons (Fsp3) is 0.639. The van der Waals surface area contributed by atoms with Crippen molar-refractivity contribution in [2.45, 2.75) is 31.6 Å². The van der Waals surface area contributed by atoms with Crippen LogP contribution in [0.1, 0.15) is 35.7 Å². The van der Waals surface area contributed by atoms with Crippen molar-refractivity contribution in [2.75, 3.05) is 131 Å². The summed E-state index contributed by atoms with van der Waals surface area (Å²) < 4.78 is 77.9. The molecule has 0 amide bonds. The van der Waals surface area contributed by atoms with Gasteiger partial charge < -0.3 is 47.9 Å². The molecule has 15 heteroatoms. The third-order valence-corrected chi connectivity index (χ3v) is 8.15. The van der Waals surface area contributed by atoms with E-state index in [0.717, 1.165) is 30.6 Å². The first-order valence-electron chi connectivity index (χ1n) is 17.5. The zero-order chi connectivity index (χ0) is 36.7. The Morgan fingerprint density at radius 3 is 1.35 bits per heavy atom. The number of carbonyl (C=O) groups excluding carboxylic acids is 1. The number of rotatable bonds is 34. The molecule has 0 fully saturated rings. The predicted molar refractivity (Wildman–Crippen MR) is 191 cm³/mol. The van der Waals surface area contributed by atoms with E-state index in [0.29, 0.717) is 105 Å². The molecular formula is C36H57NO13S. The number of ether oxygens (including phenoxy) is 9. The van der Waals surface area contributed by atoms with Crippen LogP contribution in [0.3, 0.4) is 0 Å². The lowest BCUT2D eigenvalue weighted by Crippen LogP contribution is -2.16. The summed E-state index contributed by atoms with van der Waals surface area (Å²) in [7, 11) is -3.78. The average molecular weight is 744 g/mol. The van der Waals surface area contributed by atoms with Gasteiger partial charge in [-0.25, -0.2) is 4.79 Å². The number of esters is 1. The summed E-state index contributed by atoms with van der Waals surface area (Å²) in [5.74, 6) is -0.370. The average Bonchev–Trinajstić information content (AvgIpc) is 3.13. The Bertz CT molecular complexity index is 1230. The Morgan fingerprint density at radius 1 is 0.549 bits per heavy atom. The second-order valence-corrected chi connectivity index (χ2v) is 12.6. The normalized spacial score (nSPS) is 11.6. The highest BCUT2D eigenvalue weighted by Crippen LogP contribution is 2.13. The largest absolute Gasteiger partial charge is 0.460 e. The summed E-state index contributed by atoms with van der Waals surface area (Å²) in [5.41, 5.74) is 2.47. The molecule has 1 N–H and O–H groups in total. The molecule has 0 heterocycles. The van der Waals surface area contributed by atoms with Gasteiger partial charge in [-0.3, -0.25) is 4.18 Å². The SMILES string of the molecule is CCCCNc1ccc(C(=O)OCCOCCOCCOCCOCCOCCOCCOCCOCCOS(=O)(=O)c2ccc(C)cc2)cc1. The lowest BCUT2D eigenvalue weighted by Gasteiger charge is -2.09. The first-order chi connectivity index (χ1) is 24.9. The molecule has 0 aliphatic rings. The fourth-order valence-electron chi connectivity index (χ4n) is 4.03. The molecule has 51 heavy (non-hydrogen) atoms. The summed E-state index contributed by atoms with van der Waals surface area (Å²) >= 11 is 0. The molecule has 0 aromatic heterocycles. The van der Waals surface area contributed by atoms with E-state index in [1.165, 1.54) is 12.1 Å². The van der Waals surface area contributed by atoms with Gasteiger partial charge in [0.2, 0.25) is 0 Å². The van der Waals surface area contributed by atoms with E-state index in [1.807, 2.05) is 19.1 Å². The van der Waals surface area contributed by atoms with Gasteiger partial charge in [-0.2, -0.15) is 8.42 Å². The molecule has 2 aromatic rings. The summed E-state index contributed by atoms with van der Waals surface area (Å²) in [6, 6.07) is 13.7. The molecule has 0 saturated carbocycles. The van der Waals surface area contributed by atoms with Gasteiger partial charge in [-0.1, -0.05) is 31.0 Å². The Balaban J connectivity index is 1.22. The summed E-state index contributed by atoms with van der Waals surface area (Å²) in [6.07, 6.45) is 2.23. The number of hydrogen-bond acceptors (Lipinski definition) is 14. The van der Waals surface area contributed by atoms with Gasteiger partial charge in [0.1, 0.15) is 6.61 Å². The van der Waals surface area contributed by atoms with Gasteiger partial charge in [0.25, 0.3) is 10.1 Å². The van der Waals surface area contributed by atoms with E-state index in [-0.39, 0.29) is 30.7 Å². The van der Waals surface area contributed by atoms with E-state index in [4.69, 9.17) is 46.8 Å². The van der Waals surface area contributed by atoms with E-state index < -0.39 is 10.1 Å². The second kappa shape index (κ2) is 29.8. The maximum absolute atomic E-state index is 12.1. The molecule has 0 radical (unpaired) electrons. The number of benzene rings is 2. The minimum atomic E-state index is -3.78. The first-order valence-corrected chi connectivity index (χ1v) is 18.9. The minimum absolute atomic E-state index is 0.0648. The van der Waals surface area contributed by atoms with Gasteiger partial charge in [-0.05, 0) is 49.7 Å². The van der Waals surface area contributed by atoms with E-state index >= 15 is 0 Å². The zero-order valence-corrected chi connectivity index (χ0v) is 31.0. The number of nitrogens with one attached hydrogen (secondary N) is 1. The summed E-state index contributed by atoms with van der Waals surface area (Å²) in [6.45, 7) is 11.5. The molecule has 14 nitrogen and oxygen atoms in total. The van der Waals surface area contributed by atoms with Crippen LogP contribution in [0.25, 0.3) is 0 Å². The van der Waals surface area contributed by atoms with Crippen molar-refractivity contribution in [3.63, 3.8) is 0 Å². The minimum Gasteiger partial charge on any atom is -0.460 e. The van der Waals surface area contributed by atoms with Crippen LogP contribution in [0.4, 0.5) is 5.69 Å². The predicted octanol–water partition coefficient (Wildman–Crippen LogP) is 3.90. The Kier molecular flexibility index (Phi) is 26.0. The van der Waals surface area contributed by atoms with Crippen molar-refractivity contribution in [3.8, 4) is 0 Å². The number of carbonyl (C=O) groups is 1. The van der Waals surface area contributed by atoms with E-state index in [2.05, 4.69) is 12.2 Å². The van der Waals surface area contributed by atoms with Crippen molar-refractivity contribution in [2.24, 2.45) is 0 Å². The molecule has 290 valence electrons. The summed E-state index contributed by atoms with van der Waals surface area (Å²) in [4.78, 5) is 12.3. The lowest BCUT2D eigenvalue weighted by molar-refractivity contribution is -0.0247. The molecule has 0 bridgehead atoms. The van der Waals surface area contributed by atoms with E-state index in [1.54, 1.807) is 24.3 Å². The zero-order valence-electron chi connectivity index (χ0n) is 30.2. The molecule has 0 unspecified atom stereocenters. The molecule has 2 rings (SSSR count).